The van der Waals surface area contributed by atoms with Crippen molar-refractivity contribution < 1.29 is 4.39 Å². The van der Waals surface area contributed by atoms with Crippen molar-refractivity contribution in [3.63, 3.8) is 0 Å². The summed E-state index contributed by atoms with van der Waals surface area (Å²) >= 11 is 7.70. The molecule has 1 unspecified atom stereocenters. The van der Waals surface area contributed by atoms with Crippen LogP contribution in [0.1, 0.15) is 35.4 Å². The Morgan fingerprint density at radius 1 is 1.35 bits per heavy atom. The van der Waals surface area contributed by atoms with E-state index in [1.807, 2.05) is 0 Å². The molecule has 0 aliphatic carbocycles. The van der Waals surface area contributed by atoms with Gasteiger partial charge in [0.05, 0.1) is 0 Å². The van der Waals surface area contributed by atoms with Crippen LogP contribution in [-0.2, 0) is 6.42 Å². The number of hydrogen-bond acceptors (Lipinski definition) is 2. The molecule has 1 nitrogen and oxygen atoms in total. The Morgan fingerprint density at radius 3 is 2.80 bits per heavy atom. The second kappa shape index (κ2) is 7.21. The third kappa shape index (κ3) is 3.81. The van der Waals surface area contributed by atoms with Crippen LogP contribution in [0.25, 0.3) is 0 Å². The van der Waals surface area contributed by atoms with Gasteiger partial charge in [0.1, 0.15) is 5.82 Å². The van der Waals surface area contributed by atoms with E-state index in [1.165, 1.54) is 16.5 Å². The van der Waals surface area contributed by atoms with Crippen LogP contribution in [0.15, 0.2) is 29.6 Å². The third-order valence-corrected chi connectivity index (χ3v) is 4.66. The maximum Gasteiger partial charge on any atom is 0.126 e. The largest absolute Gasteiger partial charge is 0.309 e. The Balaban J connectivity index is 2.23. The van der Waals surface area contributed by atoms with Crippen molar-refractivity contribution in [2.45, 2.75) is 32.7 Å². The Hall–Kier alpha value is -0.900. The highest BCUT2D eigenvalue weighted by atomic mass is 35.5. The van der Waals surface area contributed by atoms with E-state index in [4.69, 9.17) is 11.6 Å². The molecule has 0 fully saturated rings. The molecule has 0 saturated carbocycles. The van der Waals surface area contributed by atoms with Crippen LogP contribution in [-0.4, -0.2) is 6.54 Å². The Morgan fingerprint density at radius 2 is 2.15 bits per heavy atom. The number of thiophene rings is 1. The van der Waals surface area contributed by atoms with Crippen molar-refractivity contribution in [1.29, 1.82) is 0 Å². The van der Waals surface area contributed by atoms with Crippen LogP contribution in [0.2, 0.25) is 5.02 Å². The molecule has 0 spiro atoms. The lowest BCUT2D eigenvalue weighted by Crippen LogP contribution is -2.24. The Labute approximate surface area is 128 Å². The summed E-state index contributed by atoms with van der Waals surface area (Å²) < 4.78 is 13.9. The van der Waals surface area contributed by atoms with Crippen molar-refractivity contribution in [3.8, 4) is 0 Å². The highest BCUT2D eigenvalue weighted by Crippen LogP contribution is 2.28. The summed E-state index contributed by atoms with van der Waals surface area (Å²) in [5.74, 6) is -0.188. The number of nitrogens with one attached hydrogen (secondary N) is 1. The van der Waals surface area contributed by atoms with Crippen molar-refractivity contribution in [3.05, 3.63) is 56.5 Å². The van der Waals surface area contributed by atoms with E-state index >= 15 is 0 Å². The molecule has 2 aromatic rings. The van der Waals surface area contributed by atoms with E-state index in [9.17, 15) is 4.39 Å². The van der Waals surface area contributed by atoms with Crippen LogP contribution in [0.5, 0.6) is 0 Å². The minimum absolute atomic E-state index is 0.142. The second-order valence-corrected chi connectivity index (χ2v) is 6.30. The predicted molar refractivity (Wildman–Crippen MR) is 85.2 cm³/mol. The molecule has 20 heavy (non-hydrogen) atoms. The smallest absolute Gasteiger partial charge is 0.126 e. The summed E-state index contributed by atoms with van der Waals surface area (Å²) in [7, 11) is 0. The second-order valence-electron chi connectivity index (χ2n) is 4.91. The van der Waals surface area contributed by atoms with E-state index < -0.39 is 0 Å². The van der Waals surface area contributed by atoms with Gasteiger partial charge in [-0.3, -0.25) is 0 Å². The quantitative estimate of drug-likeness (QED) is 0.779. The van der Waals surface area contributed by atoms with Gasteiger partial charge in [-0.15, -0.1) is 11.3 Å². The monoisotopic (exact) mass is 311 g/mol. The SMILES string of the molecule is CCCNC(Cc1cc(Cl)ccc1F)c1sccc1C. The van der Waals surface area contributed by atoms with Gasteiger partial charge in [0.15, 0.2) is 0 Å². The lowest BCUT2D eigenvalue weighted by atomic mass is 10.0. The highest BCUT2D eigenvalue weighted by Gasteiger charge is 2.17. The van der Waals surface area contributed by atoms with Gasteiger partial charge in [-0.1, -0.05) is 18.5 Å². The van der Waals surface area contributed by atoms with E-state index in [-0.39, 0.29) is 11.9 Å². The van der Waals surface area contributed by atoms with Gasteiger partial charge >= 0.3 is 0 Å². The maximum atomic E-state index is 13.9. The Bertz CT molecular complexity index is 567. The van der Waals surface area contributed by atoms with Crippen LogP contribution in [0.4, 0.5) is 4.39 Å². The molecular formula is C16H19ClFNS. The van der Waals surface area contributed by atoms with Gasteiger partial charge < -0.3 is 5.32 Å². The minimum atomic E-state index is -0.188. The Kier molecular flexibility index (Phi) is 5.58. The highest BCUT2D eigenvalue weighted by molar-refractivity contribution is 7.10. The van der Waals surface area contributed by atoms with Gasteiger partial charge in [-0.05, 0) is 67.1 Å². The zero-order valence-electron chi connectivity index (χ0n) is 11.7. The summed E-state index contributed by atoms with van der Waals surface area (Å²) in [5.41, 5.74) is 1.92. The third-order valence-electron chi connectivity index (χ3n) is 3.29. The van der Waals surface area contributed by atoms with Gasteiger partial charge in [-0.2, -0.15) is 0 Å². The molecule has 1 aromatic heterocycles. The molecule has 0 aliphatic heterocycles. The van der Waals surface area contributed by atoms with Crippen molar-refractivity contribution in [2.24, 2.45) is 0 Å². The molecule has 108 valence electrons. The standard InChI is InChI=1S/C16H19ClFNS/c1-3-7-19-15(16-11(2)6-8-20-16)10-12-9-13(17)4-5-14(12)18/h4-6,8-9,15,19H,3,7,10H2,1-2H3. The molecule has 1 N–H and O–H groups in total. The van der Waals surface area contributed by atoms with Crippen LogP contribution in [0.3, 0.4) is 0 Å². The topological polar surface area (TPSA) is 12.0 Å². The molecule has 4 heteroatoms. The van der Waals surface area contributed by atoms with Crippen LogP contribution in [0, 0.1) is 12.7 Å². The zero-order valence-corrected chi connectivity index (χ0v) is 13.3. The van der Waals surface area contributed by atoms with E-state index in [0.717, 1.165) is 13.0 Å². The van der Waals surface area contributed by atoms with E-state index in [2.05, 4.69) is 30.6 Å². The number of rotatable bonds is 6. The van der Waals surface area contributed by atoms with Crippen molar-refractivity contribution in [1.82, 2.24) is 5.32 Å². The van der Waals surface area contributed by atoms with E-state index in [0.29, 0.717) is 17.0 Å². The summed E-state index contributed by atoms with van der Waals surface area (Å²) in [4.78, 5) is 1.28. The number of halogens is 2. The van der Waals surface area contributed by atoms with Gasteiger partial charge in [0, 0.05) is 15.9 Å². The number of aryl methyl sites for hydroxylation is 1. The number of benzene rings is 1. The summed E-state index contributed by atoms with van der Waals surface area (Å²) in [5, 5.41) is 6.17. The normalized spacial score (nSPS) is 12.6. The first-order valence-corrected chi connectivity index (χ1v) is 8.09. The molecule has 1 heterocycles. The fourth-order valence-corrected chi connectivity index (χ4v) is 3.44. The summed E-state index contributed by atoms with van der Waals surface area (Å²) in [6.07, 6.45) is 1.67. The van der Waals surface area contributed by atoms with Crippen molar-refractivity contribution >= 4 is 22.9 Å². The zero-order chi connectivity index (χ0) is 14.5. The predicted octanol–water partition coefficient (Wildman–Crippen LogP) is 5.13. The average Bonchev–Trinajstić information content (AvgIpc) is 2.84. The molecular weight excluding hydrogens is 293 g/mol. The van der Waals surface area contributed by atoms with Gasteiger partial charge in [-0.25, -0.2) is 4.39 Å². The first kappa shape index (κ1) is 15.5. The molecule has 0 amide bonds. The summed E-state index contributed by atoms with van der Waals surface area (Å²) in [6.45, 7) is 5.15. The maximum absolute atomic E-state index is 13.9. The molecule has 1 atom stereocenters. The average molecular weight is 312 g/mol. The van der Waals surface area contributed by atoms with Crippen LogP contribution >= 0.6 is 22.9 Å². The molecule has 2 rings (SSSR count). The summed E-state index contributed by atoms with van der Waals surface area (Å²) in [6, 6.07) is 7.00. The van der Waals surface area contributed by atoms with Crippen molar-refractivity contribution in [2.75, 3.05) is 6.54 Å². The van der Waals surface area contributed by atoms with Gasteiger partial charge in [0.25, 0.3) is 0 Å². The molecule has 0 saturated heterocycles. The fourth-order valence-electron chi connectivity index (χ4n) is 2.24. The van der Waals surface area contributed by atoms with Gasteiger partial charge in [0.2, 0.25) is 0 Å². The molecule has 0 bridgehead atoms. The first-order chi connectivity index (χ1) is 9.61. The lowest BCUT2D eigenvalue weighted by Gasteiger charge is -2.19. The first-order valence-electron chi connectivity index (χ1n) is 6.83. The molecule has 0 radical (unpaired) electrons. The molecule has 1 aromatic carbocycles. The number of hydrogen-bond donors (Lipinski definition) is 1. The fraction of sp³-hybridized carbons (Fsp3) is 0.375. The van der Waals surface area contributed by atoms with Crippen LogP contribution < -0.4 is 5.32 Å². The molecule has 0 aliphatic rings. The lowest BCUT2D eigenvalue weighted by molar-refractivity contribution is 0.517. The van der Waals surface area contributed by atoms with E-state index in [1.54, 1.807) is 23.5 Å². The minimum Gasteiger partial charge on any atom is -0.309 e.